The van der Waals surface area contributed by atoms with Gasteiger partial charge in [0.1, 0.15) is 18.1 Å². The summed E-state index contributed by atoms with van der Waals surface area (Å²) in [6, 6.07) is 9.23. The second-order valence-electron chi connectivity index (χ2n) is 8.48. The molecule has 0 bridgehead atoms. The minimum atomic E-state index is -1.14. The molecule has 0 radical (unpaired) electrons. The number of methoxy groups -OCH3 is 1. The first kappa shape index (κ1) is 30.1. The third-order valence-electron chi connectivity index (χ3n) is 5.70. The number of hydrogen-bond acceptors (Lipinski definition) is 10. The molecule has 0 saturated heterocycles. The lowest BCUT2D eigenvalue weighted by Gasteiger charge is -2.28. The van der Waals surface area contributed by atoms with Crippen molar-refractivity contribution in [2.45, 2.75) is 40.0 Å². The molecule has 2 aromatic carbocycles. The van der Waals surface area contributed by atoms with E-state index in [9.17, 15) is 14.7 Å². The number of hydrazone groups is 1. The van der Waals surface area contributed by atoms with E-state index in [1.807, 2.05) is 32.9 Å². The molecule has 12 nitrogen and oxygen atoms in total. The first-order valence-corrected chi connectivity index (χ1v) is 12.9. The number of urea groups is 1. The number of carbonyl (C=O) groups is 2. The van der Waals surface area contributed by atoms with Gasteiger partial charge >= 0.3 is 12.0 Å². The number of aliphatic hydroxyl groups is 1. The number of amides is 2. The standard InChI is InChI=1S/C28H36N4O8/c1-6-37-20-11-9-19(22(14-20)38-7-2)15-29-32-24(33)16-40-21-12-10-18(13-23(21)39-8-3)26-25(27(34)36-5)17(4)30-28(35)31-26/h9-15,24,26,32-33H,6-8,16H2,1-5H3,(H2,30,31,35)/b29-15-/t24-,26-/m0/s1. The minimum Gasteiger partial charge on any atom is -0.494 e. The molecule has 0 spiro atoms. The monoisotopic (exact) mass is 556 g/mol. The Morgan fingerprint density at radius 3 is 2.45 bits per heavy atom. The van der Waals surface area contributed by atoms with Crippen molar-refractivity contribution in [1.82, 2.24) is 16.1 Å². The lowest BCUT2D eigenvalue weighted by atomic mass is 9.95. The van der Waals surface area contributed by atoms with E-state index in [0.717, 1.165) is 0 Å². The van der Waals surface area contributed by atoms with Crippen LogP contribution in [0.1, 0.15) is 44.9 Å². The van der Waals surface area contributed by atoms with E-state index in [1.54, 1.807) is 31.2 Å². The molecule has 40 heavy (non-hydrogen) atoms. The van der Waals surface area contributed by atoms with Crippen LogP contribution >= 0.6 is 0 Å². The zero-order valence-electron chi connectivity index (χ0n) is 23.3. The molecule has 216 valence electrons. The first-order valence-electron chi connectivity index (χ1n) is 12.9. The average molecular weight is 557 g/mol. The van der Waals surface area contributed by atoms with E-state index in [0.29, 0.717) is 59.6 Å². The van der Waals surface area contributed by atoms with E-state index in [2.05, 4.69) is 21.2 Å². The van der Waals surface area contributed by atoms with Gasteiger partial charge in [-0.1, -0.05) is 6.07 Å². The Morgan fingerprint density at radius 1 is 1.02 bits per heavy atom. The SMILES string of the molecule is CCOc1ccc(/C=N\N[C@@H](O)COc2ccc([C@@H]3NC(=O)NC(C)=C3C(=O)OC)cc2OCC)c(OCC)c1. The molecule has 0 fully saturated rings. The Balaban J connectivity index is 1.69. The highest BCUT2D eigenvalue weighted by Crippen LogP contribution is 2.35. The molecule has 1 aliphatic rings. The topological polar surface area (TPSA) is 149 Å². The van der Waals surface area contributed by atoms with Crippen LogP contribution in [0.4, 0.5) is 4.79 Å². The molecular formula is C28H36N4O8. The number of esters is 1. The summed E-state index contributed by atoms with van der Waals surface area (Å²) < 4.78 is 27.6. The largest absolute Gasteiger partial charge is 0.494 e. The lowest BCUT2D eigenvalue weighted by molar-refractivity contribution is -0.136. The quantitative estimate of drug-likeness (QED) is 0.119. The van der Waals surface area contributed by atoms with Gasteiger partial charge in [-0.15, -0.1) is 0 Å². The Hall–Kier alpha value is -4.45. The van der Waals surface area contributed by atoms with Crippen LogP contribution in [0.15, 0.2) is 52.8 Å². The Morgan fingerprint density at radius 2 is 1.75 bits per heavy atom. The van der Waals surface area contributed by atoms with Gasteiger partial charge in [-0.2, -0.15) is 5.10 Å². The maximum atomic E-state index is 12.4. The molecule has 0 saturated carbocycles. The summed E-state index contributed by atoms with van der Waals surface area (Å²) >= 11 is 0. The highest BCUT2D eigenvalue weighted by atomic mass is 16.5. The lowest BCUT2D eigenvalue weighted by Crippen LogP contribution is -2.45. The van der Waals surface area contributed by atoms with Crippen LogP contribution in [0.5, 0.6) is 23.0 Å². The third kappa shape index (κ3) is 7.79. The van der Waals surface area contributed by atoms with Gasteiger partial charge in [-0.05, 0) is 57.5 Å². The van der Waals surface area contributed by atoms with Gasteiger partial charge in [-0.25, -0.2) is 9.59 Å². The van der Waals surface area contributed by atoms with Crippen molar-refractivity contribution in [3.05, 3.63) is 58.8 Å². The van der Waals surface area contributed by atoms with Crippen molar-refractivity contribution in [1.29, 1.82) is 0 Å². The molecule has 12 heteroatoms. The van der Waals surface area contributed by atoms with Gasteiger partial charge in [0.25, 0.3) is 0 Å². The first-order chi connectivity index (χ1) is 19.3. The summed E-state index contributed by atoms with van der Waals surface area (Å²) in [6.07, 6.45) is 0.398. The number of aliphatic hydroxyl groups excluding tert-OH is 1. The van der Waals surface area contributed by atoms with Gasteiger partial charge in [0.15, 0.2) is 17.7 Å². The highest BCUT2D eigenvalue weighted by Gasteiger charge is 2.32. The van der Waals surface area contributed by atoms with Crippen molar-refractivity contribution >= 4 is 18.2 Å². The number of nitrogens with one attached hydrogen (secondary N) is 3. The second kappa shape index (κ2) is 14.6. The van der Waals surface area contributed by atoms with Gasteiger partial charge < -0.3 is 39.4 Å². The van der Waals surface area contributed by atoms with Crippen molar-refractivity contribution in [2.24, 2.45) is 5.10 Å². The van der Waals surface area contributed by atoms with Crippen LogP contribution in [-0.2, 0) is 9.53 Å². The zero-order chi connectivity index (χ0) is 29.1. The fourth-order valence-electron chi connectivity index (χ4n) is 3.97. The Bertz CT molecular complexity index is 1250. The summed E-state index contributed by atoms with van der Waals surface area (Å²) in [5.74, 6) is 1.47. The van der Waals surface area contributed by atoms with Crippen molar-refractivity contribution in [3.63, 3.8) is 0 Å². The predicted octanol–water partition coefficient (Wildman–Crippen LogP) is 3.00. The predicted molar refractivity (Wildman–Crippen MR) is 148 cm³/mol. The number of ether oxygens (including phenoxy) is 5. The normalized spacial score (nSPS) is 15.7. The molecule has 2 atom stereocenters. The molecule has 0 aliphatic carbocycles. The molecule has 2 aromatic rings. The smallest absolute Gasteiger partial charge is 0.337 e. The highest BCUT2D eigenvalue weighted by molar-refractivity contribution is 5.95. The minimum absolute atomic E-state index is 0.144. The van der Waals surface area contributed by atoms with E-state index in [1.165, 1.54) is 13.3 Å². The number of nitrogens with zero attached hydrogens (tertiary/aromatic N) is 1. The number of benzene rings is 2. The van der Waals surface area contributed by atoms with Gasteiger partial charge in [0.2, 0.25) is 0 Å². The van der Waals surface area contributed by atoms with Crippen molar-refractivity contribution in [2.75, 3.05) is 33.5 Å². The Labute approximate surface area is 233 Å². The van der Waals surface area contributed by atoms with Crippen molar-refractivity contribution < 1.29 is 38.4 Å². The summed E-state index contributed by atoms with van der Waals surface area (Å²) in [5, 5.41) is 19.8. The fourth-order valence-corrected chi connectivity index (χ4v) is 3.97. The van der Waals surface area contributed by atoms with Gasteiger partial charge in [0.05, 0.1) is 44.8 Å². The average Bonchev–Trinajstić information content (AvgIpc) is 2.93. The van der Waals surface area contributed by atoms with E-state index in [4.69, 9.17) is 23.7 Å². The summed E-state index contributed by atoms with van der Waals surface area (Å²) in [7, 11) is 1.28. The molecule has 1 heterocycles. The van der Waals surface area contributed by atoms with Crippen LogP contribution < -0.4 is 35.0 Å². The van der Waals surface area contributed by atoms with Crippen molar-refractivity contribution in [3.8, 4) is 23.0 Å². The maximum Gasteiger partial charge on any atom is 0.337 e. The zero-order valence-corrected chi connectivity index (χ0v) is 23.3. The number of rotatable bonds is 14. The molecular weight excluding hydrogens is 520 g/mol. The number of hydrogen-bond donors (Lipinski definition) is 4. The molecule has 0 aromatic heterocycles. The summed E-state index contributed by atoms with van der Waals surface area (Å²) in [5.41, 5.74) is 4.59. The van der Waals surface area contributed by atoms with Crippen LogP contribution in [0.3, 0.4) is 0 Å². The summed E-state index contributed by atoms with van der Waals surface area (Å²) in [4.78, 5) is 24.5. The number of allylic oxidation sites excluding steroid dienone is 1. The fraction of sp³-hybridized carbons (Fsp3) is 0.393. The molecule has 4 N–H and O–H groups in total. The number of carbonyl (C=O) groups excluding carboxylic acids is 2. The summed E-state index contributed by atoms with van der Waals surface area (Å²) in [6.45, 7) is 8.45. The second-order valence-corrected chi connectivity index (χ2v) is 8.48. The molecule has 1 aliphatic heterocycles. The van der Waals surface area contributed by atoms with Crippen LogP contribution in [0, 0.1) is 0 Å². The van der Waals surface area contributed by atoms with Crippen LogP contribution in [-0.4, -0.2) is 63.1 Å². The third-order valence-corrected chi connectivity index (χ3v) is 5.70. The Kier molecular flexibility index (Phi) is 11.0. The maximum absolute atomic E-state index is 12.4. The molecule has 2 amide bonds. The van der Waals surface area contributed by atoms with E-state index in [-0.39, 0.29) is 12.2 Å². The molecule has 3 rings (SSSR count). The van der Waals surface area contributed by atoms with Gasteiger partial charge in [0, 0.05) is 17.3 Å². The van der Waals surface area contributed by atoms with E-state index < -0.39 is 24.3 Å². The van der Waals surface area contributed by atoms with Crippen LogP contribution in [0.2, 0.25) is 0 Å². The molecule has 0 unspecified atom stereocenters. The van der Waals surface area contributed by atoms with E-state index >= 15 is 0 Å². The van der Waals surface area contributed by atoms with Crippen LogP contribution in [0.25, 0.3) is 0 Å². The van der Waals surface area contributed by atoms with Gasteiger partial charge in [-0.3, -0.25) is 5.43 Å².